The molecule has 1 aromatic rings. The molecule has 1 aliphatic heterocycles. The van der Waals surface area contributed by atoms with Crippen molar-refractivity contribution in [2.75, 3.05) is 6.61 Å². The van der Waals surface area contributed by atoms with Gasteiger partial charge in [-0.25, -0.2) is 4.98 Å². The van der Waals surface area contributed by atoms with Crippen molar-refractivity contribution in [2.45, 2.75) is 38.5 Å². The summed E-state index contributed by atoms with van der Waals surface area (Å²) < 4.78 is 7.30. The first-order valence-electron chi connectivity index (χ1n) is 5.43. The molecule has 1 N–H and O–H groups in total. The summed E-state index contributed by atoms with van der Waals surface area (Å²) in [5.41, 5.74) is 0. The molecule has 0 spiro atoms. The maximum absolute atomic E-state index is 5.50. The maximum Gasteiger partial charge on any atom is 0.140 e. The van der Waals surface area contributed by atoms with Gasteiger partial charge in [0.1, 0.15) is 12.2 Å². The average Bonchev–Trinajstić information content (AvgIpc) is 2.61. The van der Waals surface area contributed by atoms with Crippen LogP contribution in [0.4, 0.5) is 0 Å². The van der Waals surface area contributed by atoms with Crippen molar-refractivity contribution in [3.05, 3.63) is 12.2 Å². The van der Waals surface area contributed by atoms with Crippen LogP contribution in [0.5, 0.6) is 0 Å². The molecule has 1 fully saturated rings. The molecular weight excluding hydrogens is 192 g/mol. The van der Waals surface area contributed by atoms with E-state index in [0.717, 1.165) is 31.8 Å². The number of aromatic nitrogens is 3. The molecule has 0 bridgehead atoms. The summed E-state index contributed by atoms with van der Waals surface area (Å²) in [4.78, 5) is 4.18. The molecule has 15 heavy (non-hydrogen) atoms. The van der Waals surface area contributed by atoms with Crippen LogP contribution in [0.3, 0.4) is 0 Å². The van der Waals surface area contributed by atoms with E-state index in [2.05, 4.69) is 22.3 Å². The second-order valence-electron chi connectivity index (χ2n) is 4.08. The van der Waals surface area contributed by atoms with Gasteiger partial charge in [-0.05, 0) is 19.8 Å². The number of nitrogens with one attached hydrogen (secondary N) is 1. The van der Waals surface area contributed by atoms with Crippen LogP contribution in [0.1, 0.15) is 25.6 Å². The highest BCUT2D eigenvalue weighted by Crippen LogP contribution is 2.13. The Balaban J connectivity index is 1.80. The molecule has 1 aromatic heterocycles. The van der Waals surface area contributed by atoms with Crippen molar-refractivity contribution >= 4 is 0 Å². The van der Waals surface area contributed by atoms with Gasteiger partial charge in [0.15, 0.2) is 0 Å². The number of ether oxygens (including phenoxy) is 1. The summed E-state index contributed by atoms with van der Waals surface area (Å²) in [6.07, 6.45) is 4.12. The summed E-state index contributed by atoms with van der Waals surface area (Å²) in [5, 5.41) is 7.53. The quantitative estimate of drug-likeness (QED) is 0.788. The Hall–Kier alpha value is -0.940. The zero-order valence-electron chi connectivity index (χ0n) is 9.31. The molecule has 0 amide bonds. The van der Waals surface area contributed by atoms with E-state index in [4.69, 9.17) is 4.74 Å². The topological polar surface area (TPSA) is 52.0 Å². The largest absolute Gasteiger partial charge is 0.378 e. The zero-order chi connectivity index (χ0) is 10.7. The number of aryl methyl sites for hydroxylation is 1. The third-order valence-electron chi connectivity index (χ3n) is 2.84. The predicted octanol–water partition coefficient (Wildman–Crippen LogP) is 0.472. The summed E-state index contributed by atoms with van der Waals surface area (Å²) in [5.74, 6) is 0.981. The molecule has 0 saturated carbocycles. The second-order valence-corrected chi connectivity index (χ2v) is 4.08. The minimum atomic E-state index is 0.371. The van der Waals surface area contributed by atoms with Crippen LogP contribution in [0.2, 0.25) is 0 Å². The van der Waals surface area contributed by atoms with E-state index in [-0.39, 0.29) is 0 Å². The summed E-state index contributed by atoms with van der Waals surface area (Å²) in [6, 6.07) is 0.547. The number of nitrogens with zero attached hydrogens (tertiary/aromatic N) is 3. The van der Waals surface area contributed by atoms with Crippen LogP contribution in [-0.2, 0) is 18.3 Å². The number of hydrogen-bond donors (Lipinski definition) is 1. The lowest BCUT2D eigenvalue weighted by Crippen LogP contribution is -2.38. The zero-order valence-corrected chi connectivity index (χ0v) is 9.31. The van der Waals surface area contributed by atoms with Gasteiger partial charge in [0, 0.05) is 19.7 Å². The minimum Gasteiger partial charge on any atom is -0.378 e. The van der Waals surface area contributed by atoms with E-state index in [0.29, 0.717) is 12.1 Å². The molecule has 0 aliphatic carbocycles. The van der Waals surface area contributed by atoms with E-state index < -0.39 is 0 Å². The van der Waals surface area contributed by atoms with E-state index in [1.54, 1.807) is 11.0 Å². The summed E-state index contributed by atoms with van der Waals surface area (Å²) in [7, 11) is 1.91. The third kappa shape index (κ3) is 2.76. The van der Waals surface area contributed by atoms with Gasteiger partial charge in [0.25, 0.3) is 0 Å². The molecule has 2 atom stereocenters. The van der Waals surface area contributed by atoms with Crippen molar-refractivity contribution in [1.29, 1.82) is 0 Å². The Bertz CT molecular complexity index is 312. The Labute approximate surface area is 89.8 Å². The van der Waals surface area contributed by atoms with Gasteiger partial charge in [0.05, 0.1) is 12.6 Å². The fourth-order valence-corrected chi connectivity index (χ4v) is 1.90. The predicted molar refractivity (Wildman–Crippen MR) is 56.3 cm³/mol. The fraction of sp³-hybridized carbons (Fsp3) is 0.800. The van der Waals surface area contributed by atoms with Gasteiger partial charge in [-0.2, -0.15) is 5.10 Å². The Morgan fingerprint density at radius 2 is 2.53 bits per heavy atom. The van der Waals surface area contributed by atoms with Gasteiger partial charge >= 0.3 is 0 Å². The lowest BCUT2D eigenvalue weighted by molar-refractivity contribution is 0.0129. The van der Waals surface area contributed by atoms with Gasteiger partial charge in [-0.1, -0.05) is 0 Å². The standard InChI is InChI=1S/C10H18N4O/c1-8-5-9(3-4-15-8)11-6-10-12-7-13-14(10)2/h7-9,11H,3-6H2,1-2H3. The molecule has 2 rings (SSSR count). The highest BCUT2D eigenvalue weighted by molar-refractivity contribution is 4.84. The highest BCUT2D eigenvalue weighted by Gasteiger charge is 2.18. The van der Waals surface area contributed by atoms with Gasteiger partial charge in [-0.15, -0.1) is 0 Å². The molecule has 2 unspecified atom stereocenters. The smallest absolute Gasteiger partial charge is 0.140 e. The molecular formula is C10H18N4O. The van der Waals surface area contributed by atoms with Gasteiger partial charge in [-0.3, -0.25) is 4.68 Å². The molecule has 5 nitrogen and oxygen atoms in total. The second kappa shape index (κ2) is 4.72. The Morgan fingerprint density at radius 1 is 1.67 bits per heavy atom. The highest BCUT2D eigenvalue weighted by atomic mass is 16.5. The first-order chi connectivity index (χ1) is 7.25. The van der Waals surface area contributed by atoms with E-state index in [9.17, 15) is 0 Å². The van der Waals surface area contributed by atoms with Gasteiger partial charge < -0.3 is 10.1 Å². The van der Waals surface area contributed by atoms with Crippen LogP contribution in [0.25, 0.3) is 0 Å². The number of rotatable bonds is 3. The fourth-order valence-electron chi connectivity index (χ4n) is 1.90. The van der Waals surface area contributed by atoms with Crippen LogP contribution >= 0.6 is 0 Å². The lowest BCUT2D eigenvalue weighted by Gasteiger charge is -2.27. The molecule has 84 valence electrons. The van der Waals surface area contributed by atoms with Crippen molar-refractivity contribution in [3.8, 4) is 0 Å². The van der Waals surface area contributed by atoms with Crippen LogP contribution in [-0.4, -0.2) is 33.5 Å². The minimum absolute atomic E-state index is 0.371. The summed E-state index contributed by atoms with van der Waals surface area (Å²) >= 11 is 0. The van der Waals surface area contributed by atoms with Crippen molar-refractivity contribution < 1.29 is 4.74 Å². The first-order valence-corrected chi connectivity index (χ1v) is 5.43. The monoisotopic (exact) mass is 210 g/mol. The molecule has 1 saturated heterocycles. The summed E-state index contributed by atoms with van der Waals surface area (Å²) in [6.45, 7) is 3.77. The number of hydrogen-bond acceptors (Lipinski definition) is 4. The van der Waals surface area contributed by atoms with Crippen LogP contribution in [0, 0.1) is 0 Å². The van der Waals surface area contributed by atoms with E-state index >= 15 is 0 Å². The molecule has 0 aromatic carbocycles. The Morgan fingerprint density at radius 3 is 3.20 bits per heavy atom. The van der Waals surface area contributed by atoms with Crippen LogP contribution in [0.15, 0.2) is 6.33 Å². The maximum atomic E-state index is 5.50. The van der Waals surface area contributed by atoms with Crippen LogP contribution < -0.4 is 5.32 Å². The SMILES string of the molecule is CC1CC(NCc2ncnn2C)CCO1. The van der Waals surface area contributed by atoms with E-state index in [1.165, 1.54) is 0 Å². The average molecular weight is 210 g/mol. The molecule has 5 heteroatoms. The lowest BCUT2D eigenvalue weighted by atomic mass is 10.0. The third-order valence-corrected chi connectivity index (χ3v) is 2.84. The van der Waals surface area contributed by atoms with Crippen molar-refractivity contribution in [2.24, 2.45) is 7.05 Å². The van der Waals surface area contributed by atoms with Gasteiger partial charge in [0.2, 0.25) is 0 Å². The van der Waals surface area contributed by atoms with Crippen molar-refractivity contribution in [1.82, 2.24) is 20.1 Å². The Kier molecular flexibility index (Phi) is 3.33. The molecule has 2 heterocycles. The normalized spacial score (nSPS) is 26.8. The first kappa shape index (κ1) is 10.6. The molecule has 0 radical (unpaired) electrons. The van der Waals surface area contributed by atoms with E-state index in [1.807, 2.05) is 7.05 Å². The molecule has 1 aliphatic rings. The van der Waals surface area contributed by atoms with Crippen molar-refractivity contribution in [3.63, 3.8) is 0 Å².